The van der Waals surface area contributed by atoms with E-state index in [1.807, 2.05) is 75.4 Å². The van der Waals surface area contributed by atoms with E-state index in [0.717, 1.165) is 28.4 Å². The number of carbonyl (C=O) groups is 3. The summed E-state index contributed by atoms with van der Waals surface area (Å²) in [6.07, 6.45) is 1.99. The lowest BCUT2D eigenvalue weighted by atomic mass is 10.1. The number of carbonyl (C=O) groups excluding carboxylic acids is 3. The maximum Gasteiger partial charge on any atom is 0.258 e. The summed E-state index contributed by atoms with van der Waals surface area (Å²) >= 11 is 6.41. The van der Waals surface area contributed by atoms with Gasteiger partial charge in [-0.2, -0.15) is 0 Å². The molecule has 0 bridgehead atoms. The predicted octanol–water partition coefficient (Wildman–Crippen LogP) is 5.96. The van der Waals surface area contributed by atoms with Crippen molar-refractivity contribution >= 4 is 45.8 Å². The van der Waals surface area contributed by atoms with Crippen LogP contribution in [0.4, 0.5) is 5.69 Å². The van der Waals surface area contributed by atoms with Crippen molar-refractivity contribution in [1.29, 1.82) is 0 Å². The van der Waals surface area contributed by atoms with Gasteiger partial charge in [-0.25, -0.2) is 0 Å². The number of benzene rings is 3. The van der Waals surface area contributed by atoms with Gasteiger partial charge in [0.25, 0.3) is 5.91 Å². The third-order valence-electron chi connectivity index (χ3n) is 7.11. The second kappa shape index (κ2) is 11.8. The lowest BCUT2D eigenvalue weighted by molar-refractivity contribution is -0.141. The second-order valence-corrected chi connectivity index (χ2v) is 10.0. The fraction of sp³-hybridized carbons (Fsp3) is 0.367. The molecule has 0 radical (unpaired) electrons. The summed E-state index contributed by atoms with van der Waals surface area (Å²) in [5.41, 5.74) is 2.38. The van der Waals surface area contributed by atoms with Crippen LogP contribution < -0.4 is 10.2 Å². The van der Waals surface area contributed by atoms with Crippen molar-refractivity contribution in [3.8, 4) is 0 Å². The van der Waals surface area contributed by atoms with Gasteiger partial charge in [0.2, 0.25) is 11.8 Å². The van der Waals surface area contributed by atoms with Crippen molar-refractivity contribution in [1.82, 2.24) is 10.2 Å². The van der Waals surface area contributed by atoms with Gasteiger partial charge in [-0.05, 0) is 55.3 Å². The molecule has 194 valence electrons. The van der Waals surface area contributed by atoms with Crippen LogP contribution in [0.3, 0.4) is 0 Å². The topological polar surface area (TPSA) is 69.7 Å². The molecule has 1 aliphatic rings. The highest BCUT2D eigenvalue weighted by atomic mass is 35.5. The smallest absolute Gasteiger partial charge is 0.258 e. The molecule has 3 aromatic carbocycles. The Bertz CT molecular complexity index is 1300. The van der Waals surface area contributed by atoms with Crippen LogP contribution in [0.5, 0.6) is 0 Å². The summed E-state index contributed by atoms with van der Waals surface area (Å²) in [5, 5.41) is 5.59. The zero-order valence-corrected chi connectivity index (χ0v) is 22.4. The first kappa shape index (κ1) is 26.7. The Morgan fingerprint density at radius 3 is 2.43 bits per heavy atom. The van der Waals surface area contributed by atoms with Crippen LogP contribution in [0.2, 0.25) is 5.02 Å². The summed E-state index contributed by atoms with van der Waals surface area (Å²) in [6.45, 7) is 6.55. The second-order valence-electron chi connectivity index (χ2n) is 9.60. The monoisotopic (exact) mass is 519 g/mol. The van der Waals surface area contributed by atoms with Crippen LogP contribution in [0, 0.1) is 0 Å². The van der Waals surface area contributed by atoms with E-state index >= 15 is 0 Å². The summed E-state index contributed by atoms with van der Waals surface area (Å²) in [4.78, 5) is 43.2. The fourth-order valence-electron chi connectivity index (χ4n) is 4.90. The van der Waals surface area contributed by atoms with Gasteiger partial charge in [-0.3, -0.25) is 14.4 Å². The van der Waals surface area contributed by atoms with Gasteiger partial charge in [0.15, 0.2) is 0 Å². The Hall–Kier alpha value is -3.38. The van der Waals surface area contributed by atoms with Crippen molar-refractivity contribution in [3.63, 3.8) is 0 Å². The maximum atomic E-state index is 13.6. The van der Waals surface area contributed by atoms with E-state index in [2.05, 4.69) is 5.32 Å². The zero-order chi connectivity index (χ0) is 26.5. The lowest BCUT2D eigenvalue weighted by Gasteiger charge is -2.32. The van der Waals surface area contributed by atoms with Crippen molar-refractivity contribution < 1.29 is 14.4 Å². The Morgan fingerprint density at radius 2 is 1.73 bits per heavy atom. The minimum absolute atomic E-state index is 0.0179. The molecule has 0 spiro atoms. The van der Waals surface area contributed by atoms with Crippen LogP contribution in [0.25, 0.3) is 10.8 Å². The highest BCUT2D eigenvalue weighted by Gasteiger charge is 2.31. The molecule has 0 aromatic heterocycles. The third kappa shape index (κ3) is 5.64. The highest BCUT2D eigenvalue weighted by Crippen LogP contribution is 2.37. The molecular weight excluding hydrogens is 486 g/mol. The first-order valence-electron chi connectivity index (χ1n) is 13.0. The molecule has 0 aliphatic carbocycles. The molecule has 0 unspecified atom stereocenters. The summed E-state index contributed by atoms with van der Waals surface area (Å²) in [6, 6.07) is 18.5. The molecule has 37 heavy (non-hydrogen) atoms. The van der Waals surface area contributed by atoms with Gasteiger partial charge in [0.05, 0.1) is 5.69 Å². The predicted molar refractivity (Wildman–Crippen MR) is 149 cm³/mol. The summed E-state index contributed by atoms with van der Waals surface area (Å²) in [5.74, 6) is -0.325. The molecule has 3 amide bonds. The average molecular weight is 520 g/mol. The molecule has 0 fully saturated rings. The van der Waals surface area contributed by atoms with Gasteiger partial charge in [0.1, 0.15) is 6.04 Å². The van der Waals surface area contributed by atoms with E-state index in [-0.39, 0.29) is 36.7 Å². The van der Waals surface area contributed by atoms with E-state index in [1.165, 1.54) is 0 Å². The van der Waals surface area contributed by atoms with Gasteiger partial charge < -0.3 is 15.1 Å². The van der Waals surface area contributed by atoms with E-state index in [9.17, 15) is 14.4 Å². The van der Waals surface area contributed by atoms with E-state index < -0.39 is 6.04 Å². The van der Waals surface area contributed by atoms with Crippen LogP contribution in [-0.2, 0) is 16.1 Å². The first-order valence-corrected chi connectivity index (χ1v) is 13.4. The Labute approximate surface area is 223 Å². The molecule has 2 atom stereocenters. The summed E-state index contributed by atoms with van der Waals surface area (Å²) < 4.78 is 0. The quantitative estimate of drug-likeness (QED) is 0.340. The molecular formula is C30H34ClN3O3. The lowest BCUT2D eigenvalue weighted by Crippen LogP contribution is -2.50. The van der Waals surface area contributed by atoms with Crippen molar-refractivity contribution in [2.24, 2.45) is 0 Å². The van der Waals surface area contributed by atoms with Crippen molar-refractivity contribution in [2.75, 3.05) is 11.4 Å². The van der Waals surface area contributed by atoms with Crippen LogP contribution in [0.1, 0.15) is 62.4 Å². The van der Waals surface area contributed by atoms with Crippen LogP contribution in [0.15, 0.2) is 60.7 Å². The van der Waals surface area contributed by atoms with Gasteiger partial charge >= 0.3 is 0 Å². The number of hydrogen-bond acceptors (Lipinski definition) is 3. The number of halogens is 1. The summed E-state index contributed by atoms with van der Waals surface area (Å²) in [7, 11) is 0. The molecule has 1 aliphatic heterocycles. The normalized spacial score (nSPS) is 14.1. The third-order valence-corrected chi connectivity index (χ3v) is 7.48. The first-order chi connectivity index (χ1) is 17.8. The van der Waals surface area contributed by atoms with Gasteiger partial charge in [0, 0.05) is 41.5 Å². The minimum atomic E-state index is -0.607. The number of hydrogen-bond donors (Lipinski definition) is 1. The fourth-order valence-corrected chi connectivity index (χ4v) is 5.10. The van der Waals surface area contributed by atoms with Crippen LogP contribution >= 0.6 is 11.6 Å². The molecule has 3 aromatic rings. The molecule has 0 saturated heterocycles. The Balaban J connectivity index is 1.50. The molecule has 1 N–H and O–H groups in total. The largest absolute Gasteiger partial charge is 0.352 e. The van der Waals surface area contributed by atoms with Crippen molar-refractivity contribution in [2.45, 2.75) is 65.1 Å². The Morgan fingerprint density at radius 1 is 1.00 bits per heavy atom. The molecule has 4 rings (SSSR count). The van der Waals surface area contributed by atoms with Gasteiger partial charge in [-0.15, -0.1) is 0 Å². The van der Waals surface area contributed by atoms with E-state index in [4.69, 9.17) is 11.6 Å². The number of nitrogens with zero attached hydrogens (tertiary/aromatic N) is 2. The maximum absolute atomic E-state index is 13.6. The number of anilines is 1. The molecule has 0 saturated carbocycles. The van der Waals surface area contributed by atoms with E-state index in [0.29, 0.717) is 30.0 Å². The minimum Gasteiger partial charge on any atom is -0.352 e. The van der Waals surface area contributed by atoms with Crippen molar-refractivity contribution in [3.05, 3.63) is 76.8 Å². The standard InChI is InChI=1S/C30H34ClN3O3/c1-4-20(3)32-29(36)25(5-2)34(19-22-11-6-7-15-24(22)31)27(35)17-10-18-33-26-16-9-13-21-12-8-14-23(28(21)26)30(33)37/h6-9,11-16,20,25H,4-5,10,17-19H2,1-3H3,(H,32,36)/t20-,25+/m0/s1. The van der Waals surface area contributed by atoms with E-state index in [1.54, 1.807) is 15.9 Å². The number of nitrogens with one attached hydrogen (secondary N) is 1. The molecule has 1 heterocycles. The number of rotatable bonds is 11. The molecule has 6 nitrogen and oxygen atoms in total. The number of amides is 3. The molecule has 7 heteroatoms. The zero-order valence-electron chi connectivity index (χ0n) is 21.7. The SMILES string of the molecule is CC[C@H](C(=O)N[C@@H](C)CC)N(Cc1ccccc1Cl)C(=O)CCCN1C(=O)c2cccc3cccc1c23. The van der Waals surface area contributed by atoms with Gasteiger partial charge in [-0.1, -0.05) is 67.9 Å². The highest BCUT2D eigenvalue weighted by molar-refractivity contribution is 6.31. The average Bonchev–Trinajstić information content (AvgIpc) is 3.17. The Kier molecular flexibility index (Phi) is 8.49. The van der Waals surface area contributed by atoms with Crippen LogP contribution in [-0.4, -0.2) is 41.2 Å².